The van der Waals surface area contributed by atoms with Gasteiger partial charge in [0.25, 0.3) is 5.91 Å². The molecule has 3 rings (SSSR count). The Balaban J connectivity index is 1.57. The second-order valence-electron chi connectivity index (χ2n) is 5.45. The Labute approximate surface area is 140 Å². The molecule has 0 spiro atoms. The average Bonchev–Trinajstić information content (AvgIpc) is 3.07. The van der Waals surface area contributed by atoms with Crippen molar-refractivity contribution < 1.29 is 14.3 Å². The van der Waals surface area contributed by atoms with E-state index in [1.54, 1.807) is 18.2 Å². The molecule has 0 atom stereocenters. The van der Waals surface area contributed by atoms with E-state index in [1.807, 2.05) is 0 Å². The zero-order valence-electron chi connectivity index (χ0n) is 13.5. The highest BCUT2D eigenvalue weighted by Gasteiger charge is 2.15. The first-order chi connectivity index (χ1) is 11.8. The molecule has 1 aliphatic heterocycles. The van der Waals surface area contributed by atoms with Crippen molar-refractivity contribution in [2.24, 2.45) is 0 Å². The van der Waals surface area contributed by atoms with E-state index in [4.69, 9.17) is 9.47 Å². The molecule has 1 aliphatic rings. The minimum absolute atomic E-state index is 0.202. The number of hydrogen-bond donors (Lipinski definition) is 2. The molecule has 24 heavy (non-hydrogen) atoms. The fraction of sp³-hybridized carbons (Fsp3) is 0.353. The monoisotopic (exact) mass is 328 g/mol. The lowest BCUT2D eigenvalue weighted by Gasteiger charge is -2.07. The quantitative estimate of drug-likeness (QED) is 0.760. The highest BCUT2D eigenvalue weighted by Crippen LogP contribution is 2.34. The van der Waals surface area contributed by atoms with E-state index in [-0.39, 0.29) is 12.7 Å². The Morgan fingerprint density at radius 2 is 1.96 bits per heavy atom. The molecule has 0 bridgehead atoms. The van der Waals surface area contributed by atoms with Crippen molar-refractivity contribution in [1.82, 2.24) is 9.97 Å². The molecular formula is C17H20N4O3. The van der Waals surface area contributed by atoms with E-state index in [0.717, 1.165) is 13.0 Å². The summed E-state index contributed by atoms with van der Waals surface area (Å²) in [6.45, 7) is 3.19. The minimum atomic E-state index is -0.272. The lowest BCUT2D eigenvalue weighted by Crippen LogP contribution is -2.13. The molecule has 0 aliphatic carbocycles. The van der Waals surface area contributed by atoms with E-state index in [1.165, 1.54) is 25.2 Å². The molecule has 2 aromatic rings. The molecular weight excluding hydrogens is 308 g/mol. The fourth-order valence-electron chi connectivity index (χ4n) is 2.29. The second kappa shape index (κ2) is 7.63. The maximum Gasteiger partial charge on any atom is 0.258 e. The van der Waals surface area contributed by atoms with Gasteiger partial charge in [-0.05, 0) is 18.6 Å². The Kier molecular flexibility index (Phi) is 5.10. The molecule has 2 N–H and O–H groups in total. The first-order valence-electron chi connectivity index (χ1n) is 8.03. The van der Waals surface area contributed by atoms with Gasteiger partial charge in [0.05, 0.1) is 5.56 Å². The van der Waals surface area contributed by atoms with Crippen LogP contribution in [0.4, 0.5) is 11.6 Å². The molecule has 1 amide bonds. The fourth-order valence-corrected chi connectivity index (χ4v) is 2.29. The third-order valence-electron chi connectivity index (χ3n) is 3.61. The van der Waals surface area contributed by atoms with Crippen LogP contribution in [0.1, 0.15) is 36.5 Å². The van der Waals surface area contributed by atoms with Gasteiger partial charge in [-0.25, -0.2) is 9.97 Å². The van der Waals surface area contributed by atoms with E-state index < -0.39 is 0 Å². The minimum Gasteiger partial charge on any atom is -0.454 e. The number of unbranched alkanes of at least 4 members (excludes halogenated alkanes) is 2. The zero-order valence-corrected chi connectivity index (χ0v) is 13.5. The predicted octanol–water partition coefficient (Wildman–Crippen LogP) is 3.06. The van der Waals surface area contributed by atoms with Gasteiger partial charge in [-0.3, -0.25) is 4.79 Å². The predicted molar refractivity (Wildman–Crippen MR) is 90.6 cm³/mol. The molecule has 0 saturated carbocycles. The van der Waals surface area contributed by atoms with E-state index in [9.17, 15) is 4.79 Å². The van der Waals surface area contributed by atoms with Gasteiger partial charge < -0.3 is 20.1 Å². The van der Waals surface area contributed by atoms with Crippen LogP contribution < -0.4 is 20.1 Å². The number of ether oxygens (including phenoxy) is 2. The molecule has 0 saturated heterocycles. The summed E-state index contributed by atoms with van der Waals surface area (Å²) in [6, 6.07) is 5.25. The lowest BCUT2D eigenvalue weighted by atomic mass is 10.2. The van der Waals surface area contributed by atoms with Gasteiger partial charge in [0.15, 0.2) is 11.5 Å². The van der Waals surface area contributed by atoms with Crippen LogP contribution >= 0.6 is 0 Å². The number of amides is 1. The van der Waals surface area contributed by atoms with Crippen molar-refractivity contribution in [3.63, 3.8) is 0 Å². The lowest BCUT2D eigenvalue weighted by molar-refractivity contribution is 0.102. The van der Waals surface area contributed by atoms with Crippen LogP contribution in [0.3, 0.4) is 0 Å². The van der Waals surface area contributed by atoms with E-state index in [0.29, 0.717) is 28.7 Å². The molecule has 0 fully saturated rings. The normalized spacial score (nSPS) is 12.0. The summed E-state index contributed by atoms with van der Waals surface area (Å²) < 4.78 is 10.5. The summed E-state index contributed by atoms with van der Waals surface area (Å²) in [5.74, 6) is 1.56. The van der Waals surface area contributed by atoms with E-state index in [2.05, 4.69) is 27.5 Å². The van der Waals surface area contributed by atoms with Gasteiger partial charge in [0, 0.05) is 30.7 Å². The number of hydrogen-bond acceptors (Lipinski definition) is 6. The van der Waals surface area contributed by atoms with Crippen LogP contribution in [0.25, 0.3) is 0 Å². The van der Waals surface area contributed by atoms with Gasteiger partial charge in [-0.2, -0.15) is 0 Å². The van der Waals surface area contributed by atoms with Gasteiger partial charge >= 0.3 is 0 Å². The standard InChI is InChI=1S/C17H20N4O3/c1-2-3-4-7-18-17-19-9-12(10-20-17)16(22)21-13-5-6-14-15(8-13)24-11-23-14/h5-6,8-10H,2-4,7,11H2,1H3,(H,21,22)(H,18,19,20). The number of nitrogens with zero attached hydrogens (tertiary/aromatic N) is 2. The average molecular weight is 328 g/mol. The zero-order chi connectivity index (χ0) is 16.8. The summed E-state index contributed by atoms with van der Waals surface area (Å²) in [5, 5.41) is 5.93. The molecule has 1 aromatic heterocycles. The van der Waals surface area contributed by atoms with Crippen molar-refractivity contribution >= 4 is 17.5 Å². The smallest absolute Gasteiger partial charge is 0.258 e. The first-order valence-corrected chi connectivity index (χ1v) is 8.03. The number of carbonyl (C=O) groups is 1. The molecule has 7 heteroatoms. The maximum absolute atomic E-state index is 12.2. The summed E-state index contributed by atoms with van der Waals surface area (Å²) in [4.78, 5) is 20.6. The van der Waals surface area contributed by atoms with Gasteiger partial charge in [0.1, 0.15) is 0 Å². The van der Waals surface area contributed by atoms with Crippen LogP contribution in [0.5, 0.6) is 11.5 Å². The number of nitrogens with one attached hydrogen (secondary N) is 2. The summed E-state index contributed by atoms with van der Waals surface area (Å²) in [6.07, 6.45) is 6.44. The Morgan fingerprint density at radius 3 is 2.75 bits per heavy atom. The first kappa shape index (κ1) is 16.0. The highest BCUT2D eigenvalue weighted by molar-refractivity contribution is 6.04. The molecule has 0 radical (unpaired) electrons. The van der Waals surface area contributed by atoms with Crippen LogP contribution in [-0.4, -0.2) is 29.2 Å². The van der Waals surface area contributed by atoms with Crippen molar-refractivity contribution in [2.45, 2.75) is 26.2 Å². The van der Waals surface area contributed by atoms with Crippen molar-refractivity contribution in [3.8, 4) is 11.5 Å². The molecule has 1 aromatic carbocycles. The van der Waals surface area contributed by atoms with E-state index >= 15 is 0 Å². The number of aromatic nitrogens is 2. The number of fused-ring (bicyclic) bond motifs is 1. The van der Waals surface area contributed by atoms with Crippen molar-refractivity contribution in [1.29, 1.82) is 0 Å². The Bertz CT molecular complexity index is 703. The van der Waals surface area contributed by atoms with Crippen LogP contribution in [-0.2, 0) is 0 Å². The highest BCUT2D eigenvalue weighted by atomic mass is 16.7. The van der Waals surface area contributed by atoms with Crippen molar-refractivity contribution in [2.75, 3.05) is 24.0 Å². The van der Waals surface area contributed by atoms with Crippen LogP contribution in [0.2, 0.25) is 0 Å². The summed E-state index contributed by atoms with van der Waals surface area (Å²) in [7, 11) is 0. The number of rotatable bonds is 7. The topological polar surface area (TPSA) is 85.4 Å². The van der Waals surface area contributed by atoms with Gasteiger partial charge in [-0.1, -0.05) is 19.8 Å². The SMILES string of the molecule is CCCCCNc1ncc(C(=O)Nc2ccc3c(c2)OCO3)cn1. The summed E-state index contributed by atoms with van der Waals surface area (Å²) in [5.41, 5.74) is 1.03. The van der Waals surface area contributed by atoms with Crippen molar-refractivity contribution in [3.05, 3.63) is 36.2 Å². The molecule has 0 unspecified atom stereocenters. The Morgan fingerprint density at radius 1 is 1.17 bits per heavy atom. The number of carbonyl (C=O) groups excluding carboxylic acids is 1. The molecule has 7 nitrogen and oxygen atoms in total. The third-order valence-corrected chi connectivity index (χ3v) is 3.61. The second-order valence-corrected chi connectivity index (χ2v) is 5.45. The van der Waals surface area contributed by atoms with Gasteiger partial charge in [0.2, 0.25) is 12.7 Å². The number of benzene rings is 1. The molecule has 126 valence electrons. The molecule has 2 heterocycles. The van der Waals surface area contributed by atoms with Crippen LogP contribution in [0.15, 0.2) is 30.6 Å². The van der Waals surface area contributed by atoms with Gasteiger partial charge in [-0.15, -0.1) is 0 Å². The largest absolute Gasteiger partial charge is 0.454 e. The maximum atomic E-state index is 12.2. The van der Waals surface area contributed by atoms with Crippen LogP contribution in [0, 0.1) is 0 Å². The Hall–Kier alpha value is -2.83. The summed E-state index contributed by atoms with van der Waals surface area (Å²) >= 11 is 0. The number of anilines is 2. The third kappa shape index (κ3) is 3.92.